The summed E-state index contributed by atoms with van der Waals surface area (Å²) in [6, 6.07) is 4.01. The number of ether oxygens (including phenoxy) is 1. The predicted octanol–water partition coefficient (Wildman–Crippen LogP) is 3.80. The zero-order valence-corrected chi connectivity index (χ0v) is 19.6. The Balaban J connectivity index is 1.59. The number of thiophene rings is 2. The molecule has 0 bridgehead atoms. The fourth-order valence-corrected chi connectivity index (χ4v) is 6.70. The van der Waals surface area contributed by atoms with Gasteiger partial charge in [-0.15, -0.1) is 22.7 Å². The van der Waals surface area contributed by atoms with Gasteiger partial charge in [-0.1, -0.05) is 17.8 Å². The van der Waals surface area contributed by atoms with Crippen LogP contribution in [0.15, 0.2) is 27.5 Å². The molecule has 0 aliphatic heterocycles. The number of aromatic nitrogens is 2. The van der Waals surface area contributed by atoms with E-state index in [-0.39, 0.29) is 17.2 Å². The molecule has 6 nitrogen and oxygen atoms in total. The molecule has 9 heteroatoms. The number of carbonyl (C=O) groups excluding carboxylic acids is 1. The second-order valence-electron chi connectivity index (χ2n) is 7.35. The molecule has 0 radical (unpaired) electrons. The SMILES string of the molecule is COCCn1c(SCC(=O)N(C)Cc2cccs2)nc2sc3c(c2c1=O)CCCC3. The summed E-state index contributed by atoms with van der Waals surface area (Å²) in [7, 11) is 3.43. The van der Waals surface area contributed by atoms with Gasteiger partial charge in [0.05, 0.1) is 30.8 Å². The molecule has 0 N–H and O–H groups in total. The van der Waals surface area contributed by atoms with E-state index in [2.05, 4.69) is 0 Å². The van der Waals surface area contributed by atoms with Crippen molar-refractivity contribution in [3.05, 3.63) is 43.2 Å². The summed E-state index contributed by atoms with van der Waals surface area (Å²) >= 11 is 4.62. The maximum Gasteiger partial charge on any atom is 0.263 e. The van der Waals surface area contributed by atoms with Crippen molar-refractivity contribution < 1.29 is 9.53 Å². The molecule has 3 heterocycles. The van der Waals surface area contributed by atoms with Crippen LogP contribution in [0.2, 0.25) is 0 Å². The van der Waals surface area contributed by atoms with Crippen LogP contribution < -0.4 is 5.56 Å². The average Bonchev–Trinajstić information content (AvgIpc) is 3.38. The van der Waals surface area contributed by atoms with Crippen LogP contribution in [0.4, 0.5) is 0 Å². The van der Waals surface area contributed by atoms with Crippen LogP contribution in [-0.4, -0.2) is 46.9 Å². The second-order valence-corrected chi connectivity index (χ2v) is 10.4. The van der Waals surface area contributed by atoms with Gasteiger partial charge in [0.15, 0.2) is 5.16 Å². The Kier molecular flexibility index (Phi) is 6.92. The van der Waals surface area contributed by atoms with E-state index in [1.165, 1.54) is 28.6 Å². The van der Waals surface area contributed by atoms with Gasteiger partial charge in [0, 0.05) is 23.9 Å². The maximum atomic E-state index is 13.3. The Morgan fingerprint density at radius 2 is 2.20 bits per heavy atom. The molecule has 0 aromatic carbocycles. The fourth-order valence-electron chi connectivity index (χ4n) is 3.67. The Hall–Kier alpha value is -1.68. The lowest BCUT2D eigenvalue weighted by Crippen LogP contribution is -2.29. The summed E-state index contributed by atoms with van der Waals surface area (Å²) in [6.45, 7) is 1.46. The lowest BCUT2D eigenvalue weighted by Gasteiger charge is -2.17. The number of hydrogen-bond donors (Lipinski definition) is 0. The fraction of sp³-hybridized carbons (Fsp3) is 0.476. The summed E-state index contributed by atoms with van der Waals surface area (Å²) in [5.41, 5.74) is 1.19. The van der Waals surface area contributed by atoms with E-state index < -0.39 is 0 Å². The van der Waals surface area contributed by atoms with Crippen LogP contribution in [-0.2, 0) is 35.5 Å². The van der Waals surface area contributed by atoms with E-state index in [1.54, 1.807) is 39.3 Å². The van der Waals surface area contributed by atoms with Crippen molar-refractivity contribution in [2.45, 2.75) is 43.9 Å². The lowest BCUT2D eigenvalue weighted by atomic mass is 9.97. The molecule has 0 atom stereocenters. The molecular weight excluding hydrogens is 438 g/mol. The van der Waals surface area contributed by atoms with E-state index in [4.69, 9.17) is 9.72 Å². The van der Waals surface area contributed by atoms with E-state index in [1.807, 2.05) is 24.6 Å². The monoisotopic (exact) mass is 463 g/mol. The highest BCUT2D eigenvalue weighted by atomic mass is 32.2. The van der Waals surface area contributed by atoms with Crippen molar-refractivity contribution >= 4 is 50.6 Å². The molecule has 3 aromatic rings. The van der Waals surface area contributed by atoms with Crippen LogP contribution in [0.5, 0.6) is 0 Å². The maximum absolute atomic E-state index is 13.3. The number of amides is 1. The van der Waals surface area contributed by atoms with Gasteiger partial charge in [-0.05, 0) is 42.7 Å². The topological polar surface area (TPSA) is 64.4 Å². The van der Waals surface area contributed by atoms with Crippen molar-refractivity contribution in [3.8, 4) is 0 Å². The number of hydrogen-bond acceptors (Lipinski definition) is 7. The smallest absolute Gasteiger partial charge is 0.263 e. The van der Waals surface area contributed by atoms with E-state index in [0.717, 1.165) is 34.4 Å². The molecule has 1 aliphatic rings. The van der Waals surface area contributed by atoms with Gasteiger partial charge in [0.2, 0.25) is 5.91 Å². The van der Waals surface area contributed by atoms with Gasteiger partial charge < -0.3 is 9.64 Å². The molecule has 0 saturated carbocycles. The molecule has 30 heavy (non-hydrogen) atoms. The van der Waals surface area contributed by atoms with Gasteiger partial charge in [0.1, 0.15) is 4.83 Å². The molecule has 4 rings (SSSR count). The molecule has 1 aliphatic carbocycles. The standard InChI is InChI=1S/C21H25N3O3S3/c1-23(12-14-6-5-11-28-14)17(25)13-29-21-22-19-18(20(26)24(21)9-10-27-2)15-7-3-4-8-16(15)30-19/h5-6,11H,3-4,7-10,12-13H2,1-2H3. The van der Waals surface area contributed by atoms with Gasteiger partial charge in [0.25, 0.3) is 5.56 Å². The van der Waals surface area contributed by atoms with Crippen LogP contribution >= 0.6 is 34.4 Å². The number of aryl methyl sites for hydroxylation is 2. The zero-order chi connectivity index (χ0) is 21.1. The highest BCUT2D eigenvalue weighted by molar-refractivity contribution is 7.99. The van der Waals surface area contributed by atoms with Gasteiger partial charge in [-0.25, -0.2) is 4.98 Å². The zero-order valence-electron chi connectivity index (χ0n) is 17.2. The van der Waals surface area contributed by atoms with Crippen molar-refractivity contribution in [1.82, 2.24) is 14.5 Å². The van der Waals surface area contributed by atoms with E-state index in [9.17, 15) is 9.59 Å². The first-order valence-electron chi connectivity index (χ1n) is 10.0. The molecule has 0 saturated heterocycles. The van der Waals surface area contributed by atoms with Crippen molar-refractivity contribution in [2.75, 3.05) is 26.5 Å². The molecule has 160 valence electrons. The number of thioether (sulfide) groups is 1. The summed E-state index contributed by atoms with van der Waals surface area (Å²) < 4.78 is 6.90. The molecule has 0 spiro atoms. The van der Waals surface area contributed by atoms with Gasteiger partial charge in [-0.3, -0.25) is 14.2 Å². The minimum Gasteiger partial charge on any atom is -0.383 e. The summed E-state index contributed by atoms with van der Waals surface area (Å²) in [5.74, 6) is 0.268. The van der Waals surface area contributed by atoms with Crippen LogP contribution in [0, 0.1) is 0 Å². The highest BCUT2D eigenvalue weighted by Crippen LogP contribution is 2.34. The molecular formula is C21H25N3O3S3. The Labute approximate surface area is 187 Å². The van der Waals surface area contributed by atoms with Crippen molar-refractivity contribution in [2.24, 2.45) is 0 Å². The van der Waals surface area contributed by atoms with Crippen molar-refractivity contribution in [3.63, 3.8) is 0 Å². The van der Waals surface area contributed by atoms with Crippen LogP contribution in [0.3, 0.4) is 0 Å². The van der Waals surface area contributed by atoms with E-state index in [0.29, 0.717) is 24.9 Å². The summed E-state index contributed by atoms with van der Waals surface area (Å²) in [5, 5.41) is 3.38. The van der Waals surface area contributed by atoms with Gasteiger partial charge >= 0.3 is 0 Å². The average molecular weight is 464 g/mol. The normalized spacial score (nSPS) is 13.5. The van der Waals surface area contributed by atoms with Crippen LogP contribution in [0.25, 0.3) is 10.2 Å². The molecule has 1 amide bonds. The number of carbonyl (C=O) groups is 1. The Morgan fingerprint density at radius 3 is 2.97 bits per heavy atom. The highest BCUT2D eigenvalue weighted by Gasteiger charge is 2.23. The first kappa shape index (κ1) is 21.5. The van der Waals surface area contributed by atoms with Crippen LogP contribution in [0.1, 0.15) is 28.2 Å². The largest absolute Gasteiger partial charge is 0.383 e. The van der Waals surface area contributed by atoms with Gasteiger partial charge in [-0.2, -0.15) is 0 Å². The predicted molar refractivity (Wildman–Crippen MR) is 124 cm³/mol. The molecule has 3 aromatic heterocycles. The Morgan fingerprint density at radius 1 is 1.37 bits per heavy atom. The second kappa shape index (κ2) is 9.64. The molecule has 0 fully saturated rings. The lowest BCUT2D eigenvalue weighted by molar-refractivity contribution is -0.127. The summed E-state index contributed by atoms with van der Waals surface area (Å²) in [6.07, 6.45) is 4.28. The quantitative estimate of drug-likeness (QED) is 0.376. The first-order chi connectivity index (χ1) is 14.6. The third-order valence-corrected chi connectivity index (χ3v) is 8.29. The number of fused-ring (bicyclic) bond motifs is 3. The van der Waals surface area contributed by atoms with Crippen molar-refractivity contribution in [1.29, 1.82) is 0 Å². The first-order valence-corrected chi connectivity index (χ1v) is 12.7. The Bertz CT molecular complexity index is 1090. The number of methoxy groups -OCH3 is 1. The minimum absolute atomic E-state index is 0.00154. The summed E-state index contributed by atoms with van der Waals surface area (Å²) in [4.78, 5) is 35.8. The number of nitrogens with zero attached hydrogens (tertiary/aromatic N) is 3. The van der Waals surface area contributed by atoms with E-state index >= 15 is 0 Å². The molecule has 0 unspecified atom stereocenters. The third kappa shape index (κ3) is 4.49. The third-order valence-electron chi connectivity index (χ3n) is 5.28. The number of rotatable bonds is 8. The minimum atomic E-state index is -0.00154.